The maximum atomic E-state index is 11.7. The number of nitrogens with one attached hydrogen (secondary N) is 1. The molecule has 112 valence electrons. The second-order valence-electron chi connectivity index (χ2n) is 4.51. The van der Waals surface area contributed by atoms with Gasteiger partial charge in [0.2, 0.25) is 5.91 Å². The van der Waals surface area contributed by atoms with Crippen LogP contribution in [0, 0.1) is 0 Å². The summed E-state index contributed by atoms with van der Waals surface area (Å²) in [5, 5.41) is 6.94. The standard InChI is InChI=1S/C16H19NO3S/c1-19-14-3-2-4-15(11-14)20-9-8-17-16(18)6-5-13-7-10-21-12-13/h2-4,7,10-12H,5-6,8-9H2,1H3,(H,17,18). The second kappa shape index (κ2) is 8.32. The van der Waals surface area contributed by atoms with E-state index in [1.54, 1.807) is 18.4 Å². The lowest BCUT2D eigenvalue weighted by atomic mass is 10.2. The van der Waals surface area contributed by atoms with Crippen molar-refractivity contribution in [3.05, 3.63) is 46.7 Å². The van der Waals surface area contributed by atoms with Gasteiger partial charge in [0.05, 0.1) is 13.7 Å². The lowest BCUT2D eigenvalue weighted by molar-refractivity contribution is -0.121. The Kier molecular flexibility index (Phi) is 6.09. The minimum Gasteiger partial charge on any atom is -0.497 e. The quantitative estimate of drug-likeness (QED) is 0.763. The summed E-state index contributed by atoms with van der Waals surface area (Å²) < 4.78 is 10.7. The number of ether oxygens (including phenoxy) is 2. The summed E-state index contributed by atoms with van der Waals surface area (Å²) in [5.74, 6) is 1.55. The predicted molar refractivity (Wildman–Crippen MR) is 84.1 cm³/mol. The summed E-state index contributed by atoms with van der Waals surface area (Å²) in [6, 6.07) is 9.45. The molecule has 0 unspecified atom stereocenters. The molecule has 0 aliphatic carbocycles. The molecule has 0 fully saturated rings. The molecule has 1 N–H and O–H groups in total. The molecule has 0 saturated heterocycles. The molecule has 0 atom stereocenters. The Balaban J connectivity index is 1.61. The van der Waals surface area contributed by atoms with Gasteiger partial charge in [-0.05, 0) is 40.9 Å². The van der Waals surface area contributed by atoms with E-state index >= 15 is 0 Å². The zero-order valence-corrected chi connectivity index (χ0v) is 12.8. The third kappa shape index (κ3) is 5.47. The summed E-state index contributed by atoms with van der Waals surface area (Å²) in [6.07, 6.45) is 1.29. The van der Waals surface area contributed by atoms with Crippen LogP contribution >= 0.6 is 11.3 Å². The number of carbonyl (C=O) groups excluding carboxylic acids is 1. The average molecular weight is 305 g/mol. The van der Waals surface area contributed by atoms with Crippen LogP contribution in [-0.4, -0.2) is 26.2 Å². The van der Waals surface area contributed by atoms with Gasteiger partial charge in [0.25, 0.3) is 0 Å². The van der Waals surface area contributed by atoms with Crippen LogP contribution in [0.3, 0.4) is 0 Å². The van der Waals surface area contributed by atoms with Gasteiger partial charge >= 0.3 is 0 Å². The van der Waals surface area contributed by atoms with Crippen molar-refractivity contribution in [1.29, 1.82) is 0 Å². The van der Waals surface area contributed by atoms with Crippen LogP contribution in [0.4, 0.5) is 0 Å². The van der Waals surface area contributed by atoms with Gasteiger partial charge in [-0.1, -0.05) is 6.07 Å². The molecule has 0 aliphatic rings. The first-order valence-corrected chi connectivity index (χ1v) is 7.77. The summed E-state index contributed by atoms with van der Waals surface area (Å²) >= 11 is 1.65. The fourth-order valence-electron chi connectivity index (χ4n) is 1.83. The van der Waals surface area contributed by atoms with Crippen molar-refractivity contribution in [2.75, 3.05) is 20.3 Å². The molecule has 1 amide bonds. The highest BCUT2D eigenvalue weighted by Crippen LogP contribution is 2.18. The van der Waals surface area contributed by atoms with E-state index in [-0.39, 0.29) is 5.91 Å². The summed E-state index contributed by atoms with van der Waals surface area (Å²) in [4.78, 5) is 11.7. The van der Waals surface area contributed by atoms with E-state index in [0.29, 0.717) is 19.6 Å². The topological polar surface area (TPSA) is 47.6 Å². The van der Waals surface area contributed by atoms with Crippen LogP contribution in [0.5, 0.6) is 11.5 Å². The molecule has 1 aromatic heterocycles. The molecule has 0 saturated carbocycles. The Morgan fingerprint density at radius 2 is 2.14 bits per heavy atom. The third-order valence-electron chi connectivity index (χ3n) is 2.96. The molecular formula is C16H19NO3S. The molecule has 0 bridgehead atoms. The van der Waals surface area contributed by atoms with Gasteiger partial charge in [-0.3, -0.25) is 4.79 Å². The van der Waals surface area contributed by atoms with Gasteiger partial charge in [0.15, 0.2) is 0 Å². The van der Waals surface area contributed by atoms with E-state index < -0.39 is 0 Å². The number of hydrogen-bond acceptors (Lipinski definition) is 4. The van der Waals surface area contributed by atoms with Gasteiger partial charge < -0.3 is 14.8 Å². The van der Waals surface area contributed by atoms with E-state index in [9.17, 15) is 4.79 Å². The van der Waals surface area contributed by atoms with Crippen molar-refractivity contribution in [3.8, 4) is 11.5 Å². The van der Waals surface area contributed by atoms with E-state index in [1.807, 2.05) is 35.7 Å². The SMILES string of the molecule is COc1cccc(OCCNC(=O)CCc2ccsc2)c1. The Morgan fingerprint density at radius 1 is 1.29 bits per heavy atom. The Labute approximate surface area is 128 Å². The molecule has 4 nitrogen and oxygen atoms in total. The number of amides is 1. The van der Waals surface area contributed by atoms with Crippen LogP contribution < -0.4 is 14.8 Å². The zero-order valence-electron chi connectivity index (χ0n) is 12.0. The number of thiophene rings is 1. The molecule has 0 radical (unpaired) electrons. The molecule has 1 heterocycles. The van der Waals surface area contributed by atoms with Gasteiger partial charge in [0, 0.05) is 12.5 Å². The van der Waals surface area contributed by atoms with Crippen LogP contribution in [0.1, 0.15) is 12.0 Å². The van der Waals surface area contributed by atoms with E-state index in [0.717, 1.165) is 17.9 Å². The van der Waals surface area contributed by atoms with E-state index in [4.69, 9.17) is 9.47 Å². The van der Waals surface area contributed by atoms with Gasteiger partial charge in [-0.25, -0.2) is 0 Å². The normalized spacial score (nSPS) is 10.1. The van der Waals surface area contributed by atoms with Gasteiger partial charge in [-0.15, -0.1) is 0 Å². The second-order valence-corrected chi connectivity index (χ2v) is 5.29. The fraction of sp³-hybridized carbons (Fsp3) is 0.312. The molecule has 2 rings (SSSR count). The maximum absolute atomic E-state index is 11.7. The van der Waals surface area contributed by atoms with Gasteiger partial charge in [0.1, 0.15) is 18.1 Å². The number of benzene rings is 1. The highest BCUT2D eigenvalue weighted by Gasteiger charge is 2.02. The van der Waals surface area contributed by atoms with Crippen molar-refractivity contribution in [2.24, 2.45) is 0 Å². The number of rotatable bonds is 8. The highest BCUT2D eigenvalue weighted by atomic mass is 32.1. The van der Waals surface area contributed by atoms with Crippen LogP contribution in [0.15, 0.2) is 41.1 Å². The van der Waals surface area contributed by atoms with Crippen molar-refractivity contribution in [1.82, 2.24) is 5.32 Å². The lowest BCUT2D eigenvalue weighted by Gasteiger charge is -2.08. The molecule has 0 aliphatic heterocycles. The predicted octanol–water partition coefficient (Wildman–Crippen LogP) is 2.88. The molecule has 1 aromatic carbocycles. The Hall–Kier alpha value is -2.01. The van der Waals surface area contributed by atoms with Crippen molar-refractivity contribution < 1.29 is 14.3 Å². The smallest absolute Gasteiger partial charge is 0.220 e. The van der Waals surface area contributed by atoms with Crippen molar-refractivity contribution >= 4 is 17.2 Å². The monoisotopic (exact) mass is 305 g/mol. The highest BCUT2D eigenvalue weighted by molar-refractivity contribution is 7.07. The maximum Gasteiger partial charge on any atom is 0.220 e. The zero-order chi connectivity index (χ0) is 14.9. The van der Waals surface area contributed by atoms with Crippen LogP contribution in [0.2, 0.25) is 0 Å². The number of aryl methyl sites for hydroxylation is 1. The van der Waals surface area contributed by atoms with E-state index in [1.165, 1.54) is 5.56 Å². The summed E-state index contributed by atoms with van der Waals surface area (Å²) in [7, 11) is 1.62. The van der Waals surface area contributed by atoms with Crippen LogP contribution in [0.25, 0.3) is 0 Å². The first kappa shape index (κ1) is 15.4. The molecule has 5 heteroatoms. The van der Waals surface area contributed by atoms with Crippen LogP contribution in [-0.2, 0) is 11.2 Å². The largest absolute Gasteiger partial charge is 0.497 e. The molecular weight excluding hydrogens is 286 g/mol. The molecule has 21 heavy (non-hydrogen) atoms. The average Bonchev–Trinajstić information content (AvgIpc) is 3.03. The van der Waals surface area contributed by atoms with E-state index in [2.05, 4.69) is 10.7 Å². The first-order valence-electron chi connectivity index (χ1n) is 6.82. The summed E-state index contributed by atoms with van der Waals surface area (Å²) in [5.41, 5.74) is 1.21. The molecule has 2 aromatic rings. The first-order chi connectivity index (χ1) is 10.3. The minimum atomic E-state index is 0.0513. The number of hydrogen-bond donors (Lipinski definition) is 1. The number of carbonyl (C=O) groups is 1. The van der Waals surface area contributed by atoms with Crippen molar-refractivity contribution in [2.45, 2.75) is 12.8 Å². The Morgan fingerprint density at radius 3 is 2.90 bits per heavy atom. The third-order valence-corrected chi connectivity index (χ3v) is 3.69. The molecule has 0 spiro atoms. The number of methoxy groups -OCH3 is 1. The fourth-order valence-corrected chi connectivity index (χ4v) is 2.53. The lowest BCUT2D eigenvalue weighted by Crippen LogP contribution is -2.28. The minimum absolute atomic E-state index is 0.0513. The summed E-state index contributed by atoms with van der Waals surface area (Å²) in [6.45, 7) is 0.942. The Bertz CT molecular complexity index is 554. The van der Waals surface area contributed by atoms with Gasteiger partial charge in [-0.2, -0.15) is 11.3 Å². The van der Waals surface area contributed by atoms with Crippen molar-refractivity contribution in [3.63, 3.8) is 0 Å².